The Kier molecular flexibility index (Phi) is 3.20. The number of ether oxygens (including phenoxy) is 1. The van der Waals surface area contributed by atoms with E-state index in [4.69, 9.17) is 9.15 Å². The van der Waals surface area contributed by atoms with Crippen LogP contribution in [-0.4, -0.2) is 6.61 Å². The molecule has 1 aromatic heterocycles. The van der Waals surface area contributed by atoms with Gasteiger partial charge in [0, 0.05) is 12.2 Å². The van der Waals surface area contributed by atoms with Crippen molar-refractivity contribution in [2.75, 3.05) is 6.61 Å². The predicted octanol–water partition coefficient (Wildman–Crippen LogP) is 3.48. The Bertz CT molecular complexity index is 403. The molecule has 0 amide bonds. The molecule has 1 aromatic carbocycles. The average Bonchev–Trinajstić information content (AvgIpc) is 2.76. The van der Waals surface area contributed by atoms with Crippen LogP contribution in [0.3, 0.4) is 0 Å². The number of benzene rings is 1. The Labute approximate surface area is 89.5 Å². The van der Waals surface area contributed by atoms with Crippen molar-refractivity contribution in [3.05, 3.63) is 48.2 Å². The molecule has 0 fully saturated rings. The fraction of sp³-hybridized carbons (Fsp3) is 0.231. The molecule has 2 heteroatoms. The van der Waals surface area contributed by atoms with Crippen molar-refractivity contribution in [3.63, 3.8) is 0 Å². The zero-order valence-electron chi connectivity index (χ0n) is 8.77. The van der Waals surface area contributed by atoms with Gasteiger partial charge in [-0.15, -0.1) is 0 Å². The van der Waals surface area contributed by atoms with Gasteiger partial charge in [-0.1, -0.05) is 30.3 Å². The Morgan fingerprint density at radius 1 is 1.07 bits per heavy atom. The van der Waals surface area contributed by atoms with Gasteiger partial charge >= 0.3 is 0 Å². The summed E-state index contributed by atoms with van der Waals surface area (Å²) in [4.78, 5) is 0. The second kappa shape index (κ2) is 4.80. The summed E-state index contributed by atoms with van der Waals surface area (Å²) >= 11 is 0. The topological polar surface area (TPSA) is 22.4 Å². The second-order valence-corrected chi connectivity index (χ2v) is 3.27. The summed E-state index contributed by atoms with van der Waals surface area (Å²) in [5, 5.41) is 0. The highest BCUT2D eigenvalue weighted by molar-refractivity contribution is 5.57. The maximum absolute atomic E-state index is 5.65. The SMILES string of the molecule is CCOCc1ccc(-c2ccccc2)o1. The Balaban J connectivity index is 2.14. The molecule has 0 aliphatic carbocycles. The molecule has 0 radical (unpaired) electrons. The van der Waals surface area contributed by atoms with Crippen molar-refractivity contribution >= 4 is 0 Å². The highest BCUT2D eigenvalue weighted by Gasteiger charge is 2.03. The molecule has 0 saturated carbocycles. The van der Waals surface area contributed by atoms with Crippen LogP contribution in [0.4, 0.5) is 0 Å². The molecule has 78 valence electrons. The van der Waals surface area contributed by atoms with Gasteiger partial charge in [0.1, 0.15) is 18.1 Å². The van der Waals surface area contributed by atoms with Gasteiger partial charge in [0.05, 0.1) is 0 Å². The molecule has 0 atom stereocenters. The van der Waals surface area contributed by atoms with Crippen LogP contribution in [0.1, 0.15) is 12.7 Å². The van der Waals surface area contributed by atoms with E-state index in [0.29, 0.717) is 13.2 Å². The molecule has 0 aliphatic heterocycles. The van der Waals surface area contributed by atoms with Gasteiger partial charge in [0.25, 0.3) is 0 Å². The van der Waals surface area contributed by atoms with E-state index in [-0.39, 0.29) is 0 Å². The van der Waals surface area contributed by atoms with Gasteiger partial charge in [-0.2, -0.15) is 0 Å². The third kappa shape index (κ3) is 2.48. The summed E-state index contributed by atoms with van der Waals surface area (Å²) in [6.07, 6.45) is 0. The van der Waals surface area contributed by atoms with E-state index >= 15 is 0 Å². The lowest BCUT2D eigenvalue weighted by molar-refractivity contribution is 0.119. The summed E-state index contributed by atoms with van der Waals surface area (Å²) < 4.78 is 10.9. The van der Waals surface area contributed by atoms with E-state index in [2.05, 4.69) is 0 Å². The fourth-order valence-electron chi connectivity index (χ4n) is 1.42. The summed E-state index contributed by atoms with van der Waals surface area (Å²) in [6.45, 7) is 3.23. The minimum atomic E-state index is 0.545. The van der Waals surface area contributed by atoms with Gasteiger partial charge in [-0.25, -0.2) is 0 Å². The average molecular weight is 202 g/mol. The van der Waals surface area contributed by atoms with E-state index in [0.717, 1.165) is 17.1 Å². The van der Waals surface area contributed by atoms with Crippen molar-refractivity contribution in [2.24, 2.45) is 0 Å². The van der Waals surface area contributed by atoms with E-state index in [9.17, 15) is 0 Å². The maximum Gasteiger partial charge on any atom is 0.134 e. The highest BCUT2D eigenvalue weighted by Crippen LogP contribution is 2.21. The molecule has 15 heavy (non-hydrogen) atoms. The van der Waals surface area contributed by atoms with Gasteiger partial charge < -0.3 is 9.15 Å². The molecule has 2 nitrogen and oxygen atoms in total. The largest absolute Gasteiger partial charge is 0.459 e. The van der Waals surface area contributed by atoms with Crippen LogP contribution < -0.4 is 0 Å². The number of rotatable bonds is 4. The Hall–Kier alpha value is -1.54. The Morgan fingerprint density at radius 3 is 2.60 bits per heavy atom. The summed E-state index contributed by atoms with van der Waals surface area (Å²) in [6, 6.07) is 14.0. The molecule has 0 spiro atoms. The molecule has 0 aliphatic rings. The summed E-state index contributed by atoms with van der Waals surface area (Å²) in [7, 11) is 0. The van der Waals surface area contributed by atoms with Crippen LogP contribution in [-0.2, 0) is 11.3 Å². The highest BCUT2D eigenvalue weighted by atomic mass is 16.5. The molecular formula is C13H14O2. The van der Waals surface area contributed by atoms with Gasteiger partial charge in [-0.05, 0) is 19.1 Å². The second-order valence-electron chi connectivity index (χ2n) is 3.27. The molecule has 0 saturated heterocycles. The minimum Gasteiger partial charge on any atom is -0.459 e. The lowest BCUT2D eigenvalue weighted by Gasteiger charge is -1.97. The van der Waals surface area contributed by atoms with Gasteiger partial charge in [-0.3, -0.25) is 0 Å². The molecule has 0 unspecified atom stereocenters. The first-order valence-corrected chi connectivity index (χ1v) is 5.12. The van der Waals surface area contributed by atoms with Crippen LogP contribution in [0.5, 0.6) is 0 Å². The van der Waals surface area contributed by atoms with E-state index in [1.54, 1.807) is 0 Å². The molecule has 2 rings (SSSR count). The van der Waals surface area contributed by atoms with Gasteiger partial charge in [0.15, 0.2) is 0 Å². The smallest absolute Gasteiger partial charge is 0.134 e. The number of hydrogen-bond acceptors (Lipinski definition) is 2. The lowest BCUT2D eigenvalue weighted by Crippen LogP contribution is -1.88. The summed E-state index contributed by atoms with van der Waals surface area (Å²) in [5.74, 6) is 1.76. The van der Waals surface area contributed by atoms with Crippen LogP contribution in [0, 0.1) is 0 Å². The van der Waals surface area contributed by atoms with E-state index in [1.807, 2.05) is 49.4 Å². The third-order valence-electron chi connectivity index (χ3n) is 2.17. The van der Waals surface area contributed by atoms with Crippen molar-refractivity contribution in [1.82, 2.24) is 0 Å². The molecular weight excluding hydrogens is 188 g/mol. The number of hydrogen-bond donors (Lipinski definition) is 0. The molecule has 2 aromatic rings. The lowest BCUT2D eigenvalue weighted by atomic mass is 10.2. The molecule has 1 heterocycles. The van der Waals surface area contributed by atoms with Crippen LogP contribution >= 0.6 is 0 Å². The van der Waals surface area contributed by atoms with Crippen LogP contribution in [0.2, 0.25) is 0 Å². The quantitative estimate of drug-likeness (QED) is 0.757. The van der Waals surface area contributed by atoms with Crippen molar-refractivity contribution in [2.45, 2.75) is 13.5 Å². The van der Waals surface area contributed by atoms with Crippen molar-refractivity contribution in [3.8, 4) is 11.3 Å². The van der Waals surface area contributed by atoms with Crippen molar-refractivity contribution < 1.29 is 9.15 Å². The first kappa shape index (κ1) is 9.99. The normalized spacial score (nSPS) is 10.5. The number of furan rings is 1. The Morgan fingerprint density at radius 2 is 1.87 bits per heavy atom. The first-order chi connectivity index (χ1) is 7.40. The monoisotopic (exact) mass is 202 g/mol. The maximum atomic E-state index is 5.65. The standard InChI is InChI=1S/C13H14O2/c1-2-14-10-12-8-9-13(15-12)11-6-4-3-5-7-11/h3-9H,2,10H2,1H3. The van der Waals surface area contributed by atoms with Gasteiger partial charge in [0.2, 0.25) is 0 Å². The van der Waals surface area contributed by atoms with E-state index in [1.165, 1.54) is 0 Å². The zero-order chi connectivity index (χ0) is 10.5. The minimum absolute atomic E-state index is 0.545. The molecule has 0 N–H and O–H groups in total. The van der Waals surface area contributed by atoms with Crippen molar-refractivity contribution in [1.29, 1.82) is 0 Å². The predicted molar refractivity (Wildman–Crippen MR) is 59.5 cm³/mol. The third-order valence-corrected chi connectivity index (χ3v) is 2.17. The summed E-state index contributed by atoms with van der Waals surface area (Å²) in [5.41, 5.74) is 1.10. The first-order valence-electron chi connectivity index (χ1n) is 5.12. The fourth-order valence-corrected chi connectivity index (χ4v) is 1.42. The van der Waals surface area contributed by atoms with E-state index < -0.39 is 0 Å². The van der Waals surface area contributed by atoms with Crippen LogP contribution in [0.15, 0.2) is 46.9 Å². The zero-order valence-corrected chi connectivity index (χ0v) is 8.77. The van der Waals surface area contributed by atoms with Crippen LogP contribution in [0.25, 0.3) is 11.3 Å². The molecule has 0 bridgehead atoms.